The second-order valence-electron chi connectivity index (χ2n) is 3.92. The predicted octanol–water partition coefficient (Wildman–Crippen LogP) is 0.757. The minimum Gasteiger partial charge on any atom is -0.393 e. The molecule has 0 aromatic carbocycles. The summed E-state index contributed by atoms with van der Waals surface area (Å²) in [7, 11) is 0. The molecule has 1 aliphatic heterocycles. The Balaban J connectivity index is 1.81. The highest BCUT2D eigenvalue weighted by molar-refractivity contribution is 4.87. The van der Waals surface area contributed by atoms with Crippen LogP contribution in [0.3, 0.4) is 0 Å². The van der Waals surface area contributed by atoms with E-state index in [0.717, 1.165) is 13.1 Å². The highest BCUT2D eigenvalue weighted by Gasteiger charge is 2.35. The lowest BCUT2D eigenvalue weighted by molar-refractivity contribution is 0.0697. The zero-order valence-corrected chi connectivity index (χ0v) is 6.92. The van der Waals surface area contributed by atoms with Gasteiger partial charge in [0.1, 0.15) is 0 Å². The van der Waals surface area contributed by atoms with Gasteiger partial charge in [-0.2, -0.15) is 0 Å². The molecule has 0 aromatic heterocycles. The summed E-state index contributed by atoms with van der Waals surface area (Å²) in [6.45, 7) is 2.21. The van der Waals surface area contributed by atoms with Gasteiger partial charge in [0.15, 0.2) is 0 Å². The van der Waals surface area contributed by atoms with Crippen LogP contribution in [-0.2, 0) is 0 Å². The molecule has 1 atom stereocenters. The first-order chi connectivity index (χ1) is 5.38. The van der Waals surface area contributed by atoms with Crippen LogP contribution in [0.15, 0.2) is 0 Å². The fourth-order valence-corrected chi connectivity index (χ4v) is 2.01. The summed E-state index contributed by atoms with van der Waals surface area (Å²) >= 11 is 0. The molecule has 1 aliphatic carbocycles. The molecule has 1 saturated heterocycles. The van der Waals surface area contributed by atoms with Gasteiger partial charge in [0.2, 0.25) is 0 Å². The van der Waals surface area contributed by atoms with Crippen molar-refractivity contribution >= 4 is 0 Å². The van der Waals surface area contributed by atoms with E-state index in [0.29, 0.717) is 11.8 Å². The van der Waals surface area contributed by atoms with Gasteiger partial charge in [-0.15, -0.1) is 0 Å². The Morgan fingerprint density at radius 1 is 1.00 bits per heavy atom. The van der Waals surface area contributed by atoms with Gasteiger partial charge in [0, 0.05) is 0 Å². The maximum absolute atomic E-state index is 9.79. The van der Waals surface area contributed by atoms with Crippen LogP contribution in [0.5, 0.6) is 0 Å². The first kappa shape index (κ1) is 7.56. The first-order valence-corrected chi connectivity index (χ1v) is 4.76. The van der Waals surface area contributed by atoms with Crippen molar-refractivity contribution in [2.24, 2.45) is 11.8 Å². The highest BCUT2D eigenvalue weighted by atomic mass is 16.3. The number of piperidine rings is 1. The minimum atomic E-state index is 0.0251. The molecule has 2 nitrogen and oxygen atoms in total. The van der Waals surface area contributed by atoms with Crippen LogP contribution in [0.1, 0.15) is 25.7 Å². The van der Waals surface area contributed by atoms with E-state index in [9.17, 15) is 5.11 Å². The lowest BCUT2D eigenvalue weighted by atomic mass is 9.90. The Labute approximate surface area is 68.0 Å². The maximum Gasteiger partial charge on any atom is 0.0597 e. The smallest absolute Gasteiger partial charge is 0.0597 e. The normalized spacial score (nSPS) is 30.3. The summed E-state index contributed by atoms with van der Waals surface area (Å²) in [5, 5.41) is 13.1. The molecule has 11 heavy (non-hydrogen) atoms. The molecular weight excluding hydrogens is 138 g/mol. The van der Waals surface area contributed by atoms with Gasteiger partial charge in [-0.3, -0.25) is 0 Å². The third-order valence-electron chi connectivity index (χ3n) is 2.97. The summed E-state index contributed by atoms with van der Waals surface area (Å²) in [6, 6.07) is 0. The Bertz CT molecular complexity index is 128. The van der Waals surface area contributed by atoms with Crippen molar-refractivity contribution in [2.45, 2.75) is 31.8 Å². The molecular formula is C9H17NO. The molecule has 2 fully saturated rings. The predicted molar refractivity (Wildman–Crippen MR) is 44.3 cm³/mol. The summed E-state index contributed by atoms with van der Waals surface area (Å²) in [6.07, 6.45) is 4.92. The van der Waals surface area contributed by atoms with Gasteiger partial charge in [0.05, 0.1) is 6.10 Å². The van der Waals surface area contributed by atoms with Crippen LogP contribution in [0, 0.1) is 11.8 Å². The second kappa shape index (κ2) is 3.11. The number of rotatable bonds is 2. The molecule has 64 valence electrons. The molecule has 1 unspecified atom stereocenters. The third-order valence-corrected chi connectivity index (χ3v) is 2.97. The lowest BCUT2D eigenvalue weighted by Gasteiger charge is -2.27. The lowest BCUT2D eigenvalue weighted by Crippen LogP contribution is -2.34. The molecule has 0 aromatic rings. The summed E-state index contributed by atoms with van der Waals surface area (Å²) < 4.78 is 0. The molecule has 2 aliphatic rings. The number of aliphatic hydroxyl groups excluding tert-OH is 1. The van der Waals surface area contributed by atoms with Crippen molar-refractivity contribution in [3.63, 3.8) is 0 Å². The average molecular weight is 155 g/mol. The van der Waals surface area contributed by atoms with Gasteiger partial charge in [-0.25, -0.2) is 0 Å². The van der Waals surface area contributed by atoms with E-state index >= 15 is 0 Å². The Morgan fingerprint density at radius 3 is 2.09 bits per heavy atom. The summed E-state index contributed by atoms with van der Waals surface area (Å²) in [5.74, 6) is 1.27. The van der Waals surface area contributed by atoms with E-state index in [2.05, 4.69) is 5.32 Å². The number of nitrogens with one attached hydrogen (secondary N) is 1. The largest absolute Gasteiger partial charge is 0.393 e. The molecule has 0 amide bonds. The molecule has 2 rings (SSSR count). The molecule has 1 saturated carbocycles. The van der Waals surface area contributed by atoms with Crippen LogP contribution in [0.2, 0.25) is 0 Å². The maximum atomic E-state index is 9.79. The zero-order valence-electron chi connectivity index (χ0n) is 6.92. The van der Waals surface area contributed by atoms with Crippen LogP contribution >= 0.6 is 0 Å². The number of hydrogen-bond donors (Lipinski definition) is 2. The van der Waals surface area contributed by atoms with Crippen molar-refractivity contribution in [3.8, 4) is 0 Å². The van der Waals surface area contributed by atoms with Crippen molar-refractivity contribution in [1.82, 2.24) is 5.32 Å². The van der Waals surface area contributed by atoms with Crippen LogP contribution in [-0.4, -0.2) is 24.3 Å². The third kappa shape index (κ3) is 1.74. The van der Waals surface area contributed by atoms with Crippen molar-refractivity contribution < 1.29 is 5.11 Å². The van der Waals surface area contributed by atoms with E-state index in [1.165, 1.54) is 25.7 Å². The van der Waals surface area contributed by atoms with E-state index in [1.807, 2.05) is 0 Å². The van der Waals surface area contributed by atoms with Gasteiger partial charge < -0.3 is 10.4 Å². The second-order valence-corrected chi connectivity index (χ2v) is 3.92. The Hall–Kier alpha value is -0.0800. The van der Waals surface area contributed by atoms with Crippen LogP contribution in [0.25, 0.3) is 0 Å². The van der Waals surface area contributed by atoms with E-state index in [-0.39, 0.29) is 6.10 Å². The van der Waals surface area contributed by atoms with E-state index in [4.69, 9.17) is 0 Å². The van der Waals surface area contributed by atoms with Gasteiger partial charge in [-0.1, -0.05) is 0 Å². The fraction of sp³-hybridized carbons (Fsp3) is 1.00. The topological polar surface area (TPSA) is 32.3 Å². The SMILES string of the molecule is OC(C1CCNCC1)C1CC1. The zero-order chi connectivity index (χ0) is 7.68. The summed E-state index contributed by atoms with van der Waals surface area (Å²) in [4.78, 5) is 0. The van der Waals surface area contributed by atoms with Gasteiger partial charge >= 0.3 is 0 Å². The molecule has 2 N–H and O–H groups in total. The monoisotopic (exact) mass is 155 g/mol. The molecule has 0 spiro atoms. The van der Waals surface area contributed by atoms with Crippen molar-refractivity contribution in [3.05, 3.63) is 0 Å². The number of hydrogen-bond acceptors (Lipinski definition) is 2. The molecule has 0 radical (unpaired) electrons. The van der Waals surface area contributed by atoms with Crippen LogP contribution in [0.4, 0.5) is 0 Å². The van der Waals surface area contributed by atoms with Crippen molar-refractivity contribution in [2.75, 3.05) is 13.1 Å². The number of aliphatic hydroxyl groups is 1. The minimum absolute atomic E-state index is 0.0251. The molecule has 0 bridgehead atoms. The highest BCUT2D eigenvalue weighted by Crippen LogP contribution is 2.37. The Morgan fingerprint density at radius 2 is 1.55 bits per heavy atom. The average Bonchev–Trinajstić information content (AvgIpc) is 2.87. The molecule has 1 heterocycles. The van der Waals surface area contributed by atoms with Crippen molar-refractivity contribution in [1.29, 1.82) is 0 Å². The van der Waals surface area contributed by atoms with Gasteiger partial charge in [0.25, 0.3) is 0 Å². The standard InChI is InChI=1S/C9H17NO/c11-9(7-1-2-7)8-3-5-10-6-4-8/h7-11H,1-6H2. The fourth-order valence-electron chi connectivity index (χ4n) is 2.01. The van der Waals surface area contributed by atoms with E-state index in [1.54, 1.807) is 0 Å². The Kier molecular flexibility index (Phi) is 2.14. The van der Waals surface area contributed by atoms with Gasteiger partial charge in [-0.05, 0) is 50.6 Å². The first-order valence-electron chi connectivity index (χ1n) is 4.76. The quantitative estimate of drug-likeness (QED) is 0.617. The van der Waals surface area contributed by atoms with Crippen LogP contribution < -0.4 is 5.32 Å². The molecule has 2 heteroatoms. The van der Waals surface area contributed by atoms with E-state index < -0.39 is 0 Å². The summed E-state index contributed by atoms with van der Waals surface area (Å²) in [5.41, 5.74) is 0.